The first-order valence-corrected chi connectivity index (χ1v) is 6.81. The molecule has 5 nitrogen and oxygen atoms in total. The molecule has 0 radical (unpaired) electrons. The summed E-state index contributed by atoms with van der Waals surface area (Å²) >= 11 is 1.60. The van der Waals surface area contributed by atoms with Crippen LogP contribution in [0.1, 0.15) is 24.7 Å². The average Bonchev–Trinajstić information content (AvgIpc) is 2.56. The number of amides is 1. The zero-order valence-corrected chi connectivity index (χ0v) is 11.4. The molecule has 0 bridgehead atoms. The van der Waals surface area contributed by atoms with Gasteiger partial charge in [0.05, 0.1) is 22.8 Å². The van der Waals surface area contributed by atoms with Gasteiger partial charge in [-0.25, -0.2) is 0 Å². The van der Waals surface area contributed by atoms with Gasteiger partial charge < -0.3 is 11.1 Å². The van der Waals surface area contributed by atoms with Crippen molar-refractivity contribution in [1.82, 2.24) is 10.2 Å². The molecule has 0 saturated heterocycles. The molecular formula is C11H20N4OS. The minimum atomic E-state index is 0.00674. The second kappa shape index (κ2) is 6.66. The number of H-pyrrole nitrogens is 1. The summed E-state index contributed by atoms with van der Waals surface area (Å²) in [4.78, 5) is 11.7. The summed E-state index contributed by atoms with van der Waals surface area (Å²) in [6, 6.07) is 0.198. The molecule has 96 valence electrons. The molecule has 0 saturated carbocycles. The van der Waals surface area contributed by atoms with Gasteiger partial charge in [-0.05, 0) is 32.9 Å². The number of aryl methyl sites for hydroxylation is 2. The summed E-state index contributed by atoms with van der Waals surface area (Å²) in [5, 5.41) is 9.72. The molecule has 17 heavy (non-hydrogen) atoms. The predicted molar refractivity (Wildman–Crippen MR) is 72.3 cm³/mol. The van der Waals surface area contributed by atoms with E-state index in [9.17, 15) is 4.79 Å². The SMILES string of the molecule is Cc1n[nH]c(C)c1NC(=O)CSCCC(C)N. The number of nitrogens with zero attached hydrogens (tertiary/aromatic N) is 1. The number of aromatic amines is 1. The van der Waals surface area contributed by atoms with E-state index in [-0.39, 0.29) is 11.9 Å². The van der Waals surface area contributed by atoms with E-state index in [1.807, 2.05) is 20.8 Å². The molecule has 0 fully saturated rings. The Labute approximate surface area is 106 Å². The number of anilines is 1. The minimum Gasteiger partial charge on any atom is -0.328 e. The normalized spacial score (nSPS) is 12.5. The first-order chi connectivity index (χ1) is 8.00. The molecule has 1 unspecified atom stereocenters. The van der Waals surface area contributed by atoms with Crippen molar-refractivity contribution >= 4 is 23.4 Å². The van der Waals surface area contributed by atoms with Gasteiger partial charge in [0.2, 0.25) is 5.91 Å². The van der Waals surface area contributed by atoms with Crippen LogP contribution in [0.2, 0.25) is 0 Å². The first kappa shape index (κ1) is 14.1. The van der Waals surface area contributed by atoms with Crippen molar-refractivity contribution in [2.45, 2.75) is 33.2 Å². The van der Waals surface area contributed by atoms with E-state index in [0.29, 0.717) is 5.75 Å². The molecule has 1 aromatic heterocycles. The molecule has 6 heteroatoms. The van der Waals surface area contributed by atoms with Crippen molar-refractivity contribution < 1.29 is 4.79 Å². The maximum atomic E-state index is 11.7. The fourth-order valence-corrected chi connectivity index (χ4v) is 2.29. The summed E-state index contributed by atoms with van der Waals surface area (Å²) in [6.07, 6.45) is 0.932. The van der Waals surface area contributed by atoms with Crippen LogP contribution >= 0.6 is 11.8 Å². The summed E-state index contributed by atoms with van der Waals surface area (Å²) in [5.41, 5.74) is 8.13. The lowest BCUT2D eigenvalue weighted by Gasteiger charge is -2.06. The van der Waals surface area contributed by atoms with Gasteiger partial charge in [-0.2, -0.15) is 16.9 Å². The molecular weight excluding hydrogens is 236 g/mol. The highest BCUT2D eigenvalue weighted by atomic mass is 32.2. The van der Waals surface area contributed by atoms with Crippen LogP contribution in [0.4, 0.5) is 5.69 Å². The number of carbonyl (C=O) groups excluding carboxylic acids is 1. The first-order valence-electron chi connectivity index (χ1n) is 5.65. The van der Waals surface area contributed by atoms with Gasteiger partial charge in [-0.1, -0.05) is 0 Å². The second-order valence-corrected chi connectivity index (χ2v) is 5.28. The van der Waals surface area contributed by atoms with Crippen molar-refractivity contribution in [3.05, 3.63) is 11.4 Å². The zero-order valence-electron chi connectivity index (χ0n) is 10.5. The number of hydrogen-bond acceptors (Lipinski definition) is 4. The molecule has 4 N–H and O–H groups in total. The molecule has 0 aliphatic rings. The summed E-state index contributed by atoms with van der Waals surface area (Å²) in [6.45, 7) is 5.72. The lowest BCUT2D eigenvalue weighted by molar-refractivity contribution is -0.113. The highest BCUT2D eigenvalue weighted by molar-refractivity contribution is 7.99. The topological polar surface area (TPSA) is 83.8 Å². The minimum absolute atomic E-state index is 0.00674. The zero-order chi connectivity index (χ0) is 12.8. The summed E-state index contributed by atoms with van der Waals surface area (Å²) in [7, 11) is 0. The fraction of sp³-hybridized carbons (Fsp3) is 0.636. The van der Waals surface area contributed by atoms with Gasteiger partial charge in [-0.15, -0.1) is 0 Å². The van der Waals surface area contributed by atoms with E-state index in [2.05, 4.69) is 15.5 Å². The van der Waals surface area contributed by atoms with Crippen LogP contribution in [0.25, 0.3) is 0 Å². The molecule has 0 aliphatic heterocycles. The number of rotatable bonds is 6. The summed E-state index contributed by atoms with van der Waals surface area (Å²) in [5.74, 6) is 1.37. The number of thioether (sulfide) groups is 1. The van der Waals surface area contributed by atoms with Crippen LogP contribution < -0.4 is 11.1 Å². The average molecular weight is 256 g/mol. The molecule has 0 spiro atoms. The molecule has 1 atom stereocenters. The van der Waals surface area contributed by atoms with E-state index in [1.165, 1.54) is 0 Å². The third kappa shape index (κ3) is 4.79. The largest absolute Gasteiger partial charge is 0.328 e. The smallest absolute Gasteiger partial charge is 0.234 e. The molecule has 1 amide bonds. The lowest BCUT2D eigenvalue weighted by Crippen LogP contribution is -2.18. The quantitative estimate of drug-likeness (QED) is 0.672. The van der Waals surface area contributed by atoms with Crippen LogP contribution in [-0.4, -0.2) is 33.7 Å². The van der Waals surface area contributed by atoms with Crippen molar-refractivity contribution in [3.63, 3.8) is 0 Å². The molecule has 0 aromatic carbocycles. The van der Waals surface area contributed by atoms with Crippen molar-refractivity contribution in [3.8, 4) is 0 Å². The lowest BCUT2D eigenvalue weighted by atomic mass is 10.3. The Morgan fingerprint density at radius 3 is 2.82 bits per heavy atom. The standard InChI is InChI=1S/C11H20N4OS/c1-7(12)4-5-17-6-10(16)13-11-8(2)14-15-9(11)3/h7H,4-6,12H2,1-3H3,(H,13,16)(H,14,15). The summed E-state index contributed by atoms with van der Waals surface area (Å²) < 4.78 is 0. The van der Waals surface area contributed by atoms with Crippen LogP contribution in [-0.2, 0) is 4.79 Å². The molecule has 1 aromatic rings. The van der Waals surface area contributed by atoms with Gasteiger partial charge >= 0.3 is 0 Å². The fourth-order valence-electron chi connectivity index (χ4n) is 1.34. The van der Waals surface area contributed by atoms with Crippen LogP contribution in [0.3, 0.4) is 0 Å². The van der Waals surface area contributed by atoms with Crippen LogP contribution in [0.5, 0.6) is 0 Å². The number of hydrogen-bond donors (Lipinski definition) is 3. The third-order valence-electron chi connectivity index (χ3n) is 2.34. The number of carbonyl (C=O) groups is 1. The highest BCUT2D eigenvalue weighted by Gasteiger charge is 2.09. The predicted octanol–water partition coefficient (Wildman–Crippen LogP) is 1.44. The third-order valence-corrected chi connectivity index (χ3v) is 3.33. The maximum absolute atomic E-state index is 11.7. The second-order valence-electron chi connectivity index (χ2n) is 4.18. The van der Waals surface area contributed by atoms with Gasteiger partial charge in [0.25, 0.3) is 0 Å². The van der Waals surface area contributed by atoms with Gasteiger partial charge in [0, 0.05) is 6.04 Å². The van der Waals surface area contributed by atoms with E-state index in [0.717, 1.165) is 29.2 Å². The monoisotopic (exact) mass is 256 g/mol. The highest BCUT2D eigenvalue weighted by Crippen LogP contribution is 2.16. The molecule has 1 heterocycles. The molecule has 1 rings (SSSR count). The Balaban J connectivity index is 2.30. The van der Waals surface area contributed by atoms with Crippen molar-refractivity contribution in [2.75, 3.05) is 16.8 Å². The van der Waals surface area contributed by atoms with Gasteiger partial charge in [0.1, 0.15) is 0 Å². The van der Waals surface area contributed by atoms with Gasteiger partial charge in [0.15, 0.2) is 0 Å². The Kier molecular flexibility index (Phi) is 5.50. The van der Waals surface area contributed by atoms with Gasteiger partial charge in [-0.3, -0.25) is 9.89 Å². The Morgan fingerprint density at radius 2 is 2.29 bits per heavy atom. The Bertz CT molecular complexity index is 356. The maximum Gasteiger partial charge on any atom is 0.234 e. The van der Waals surface area contributed by atoms with Crippen LogP contribution in [0, 0.1) is 13.8 Å². The number of nitrogens with one attached hydrogen (secondary N) is 2. The van der Waals surface area contributed by atoms with E-state index < -0.39 is 0 Å². The van der Waals surface area contributed by atoms with E-state index in [1.54, 1.807) is 11.8 Å². The van der Waals surface area contributed by atoms with E-state index in [4.69, 9.17) is 5.73 Å². The van der Waals surface area contributed by atoms with Crippen molar-refractivity contribution in [1.29, 1.82) is 0 Å². The van der Waals surface area contributed by atoms with Crippen LogP contribution in [0.15, 0.2) is 0 Å². The van der Waals surface area contributed by atoms with Crippen molar-refractivity contribution in [2.24, 2.45) is 5.73 Å². The number of nitrogens with two attached hydrogens (primary N) is 1. The Hall–Kier alpha value is -1.01. The number of aromatic nitrogens is 2. The molecule has 0 aliphatic carbocycles. The van der Waals surface area contributed by atoms with E-state index >= 15 is 0 Å². The Morgan fingerprint density at radius 1 is 1.59 bits per heavy atom.